The summed E-state index contributed by atoms with van der Waals surface area (Å²) in [4.78, 5) is 21.4. The maximum atomic E-state index is 13.6. The summed E-state index contributed by atoms with van der Waals surface area (Å²) in [6, 6.07) is 15.9. The van der Waals surface area contributed by atoms with Crippen LogP contribution in [0.1, 0.15) is 42.8 Å². The van der Waals surface area contributed by atoms with Crippen LogP contribution >= 0.6 is 0 Å². The quantitative estimate of drug-likeness (QED) is 0.372. The molecule has 4 heterocycles. The minimum atomic E-state index is -0.389. The summed E-state index contributed by atoms with van der Waals surface area (Å²) in [5, 5.41) is 13.9. The lowest BCUT2D eigenvalue weighted by Crippen LogP contribution is -2.49. The first-order valence-electron chi connectivity index (χ1n) is 13.8. The van der Waals surface area contributed by atoms with Crippen LogP contribution in [-0.4, -0.2) is 76.1 Å². The third kappa shape index (κ3) is 5.14. The third-order valence-corrected chi connectivity index (χ3v) is 7.95. The Hall–Kier alpha value is -3.76. The lowest BCUT2D eigenvalue weighted by atomic mass is 10.0. The Morgan fingerprint density at radius 2 is 1.97 bits per heavy atom. The fourth-order valence-electron chi connectivity index (χ4n) is 5.83. The van der Waals surface area contributed by atoms with Crippen molar-refractivity contribution >= 4 is 16.6 Å². The molecule has 0 saturated carbocycles. The number of hydrogen-bond donors (Lipinski definition) is 1. The molecule has 6 rings (SSSR count). The molecule has 2 aliphatic rings. The van der Waals surface area contributed by atoms with Gasteiger partial charge < -0.3 is 19.4 Å². The van der Waals surface area contributed by atoms with Crippen LogP contribution in [-0.2, 0) is 17.7 Å². The van der Waals surface area contributed by atoms with Gasteiger partial charge in [-0.05, 0) is 71.0 Å². The number of fused-ring (bicyclic) bond motifs is 1. The molecule has 10 nitrogen and oxygen atoms in total. The van der Waals surface area contributed by atoms with Gasteiger partial charge in [0, 0.05) is 43.9 Å². The van der Waals surface area contributed by atoms with E-state index in [1.165, 1.54) is 5.56 Å². The van der Waals surface area contributed by atoms with Gasteiger partial charge in [0.05, 0.1) is 25.4 Å². The van der Waals surface area contributed by atoms with Gasteiger partial charge in [0.25, 0.3) is 5.56 Å². The molecule has 1 N–H and O–H groups in total. The molecule has 2 saturated heterocycles. The van der Waals surface area contributed by atoms with Crippen LogP contribution in [0.15, 0.2) is 53.3 Å². The van der Waals surface area contributed by atoms with E-state index in [2.05, 4.69) is 55.4 Å². The van der Waals surface area contributed by atoms with Gasteiger partial charge in [-0.15, -0.1) is 5.10 Å². The van der Waals surface area contributed by atoms with Crippen molar-refractivity contribution in [2.45, 2.75) is 44.9 Å². The maximum absolute atomic E-state index is 13.6. The van der Waals surface area contributed by atoms with Crippen molar-refractivity contribution in [3.63, 3.8) is 0 Å². The second kappa shape index (κ2) is 11.2. The van der Waals surface area contributed by atoms with E-state index >= 15 is 0 Å². The molecule has 39 heavy (non-hydrogen) atoms. The highest BCUT2D eigenvalue weighted by molar-refractivity contribution is 5.80. The summed E-state index contributed by atoms with van der Waals surface area (Å²) in [6.45, 7) is 6.53. The van der Waals surface area contributed by atoms with Crippen LogP contribution in [0.2, 0.25) is 0 Å². The molecule has 2 aromatic carbocycles. The number of nitrogens with one attached hydrogen (secondary N) is 1. The zero-order valence-corrected chi connectivity index (χ0v) is 22.5. The van der Waals surface area contributed by atoms with E-state index in [1.807, 2.05) is 35.0 Å². The molecule has 10 heteroatoms. The highest BCUT2D eigenvalue weighted by Gasteiger charge is 2.34. The number of aryl methyl sites for hydroxylation is 1. The van der Waals surface area contributed by atoms with E-state index < -0.39 is 0 Å². The average Bonchev–Trinajstić information content (AvgIpc) is 3.66. The average molecular weight is 530 g/mol. The van der Waals surface area contributed by atoms with Crippen molar-refractivity contribution in [1.29, 1.82) is 0 Å². The molecule has 2 aliphatic heterocycles. The van der Waals surface area contributed by atoms with Crippen molar-refractivity contribution in [3.8, 4) is 5.75 Å². The van der Waals surface area contributed by atoms with Crippen molar-refractivity contribution in [3.05, 3.63) is 75.8 Å². The number of H-pyrrole nitrogens is 1. The standard InChI is InChI=1S/C29H35N7O3/c1-3-20-10-11-24-21(17-20)18-23(29(37)30-24)27(28-31-32-33-36(28)19-22-7-6-16-39-22)35-14-12-34(13-15-35)25-8-4-5-9-26(25)38-2/h4-5,8-11,17-18,22,27H,3,6-7,12-16,19H2,1-2H3,(H,30,37)/t22-,27-/m0/s1. The van der Waals surface area contributed by atoms with Gasteiger partial charge in [-0.3, -0.25) is 9.69 Å². The number of ether oxygens (including phenoxy) is 2. The van der Waals surface area contributed by atoms with E-state index in [0.717, 1.165) is 74.4 Å². The largest absolute Gasteiger partial charge is 0.495 e. The monoisotopic (exact) mass is 529 g/mol. The van der Waals surface area contributed by atoms with Gasteiger partial charge in [-0.25, -0.2) is 4.68 Å². The van der Waals surface area contributed by atoms with Crippen molar-refractivity contribution < 1.29 is 9.47 Å². The summed E-state index contributed by atoms with van der Waals surface area (Å²) in [5.41, 5.74) is 3.68. The van der Waals surface area contributed by atoms with Crippen LogP contribution in [0.5, 0.6) is 5.75 Å². The first-order chi connectivity index (χ1) is 19.1. The van der Waals surface area contributed by atoms with Crippen LogP contribution in [0, 0.1) is 0 Å². The first-order valence-corrected chi connectivity index (χ1v) is 13.8. The number of aromatic amines is 1. The molecule has 2 aromatic heterocycles. The molecule has 204 valence electrons. The zero-order valence-electron chi connectivity index (χ0n) is 22.5. The van der Waals surface area contributed by atoms with Gasteiger partial charge in [-0.2, -0.15) is 0 Å². The number of para-hydroxylation sites is 2. The van der Waals surface area contributed by atoms with Crippen molar-refractivity contribution in [2.75, 3.05) is 44.8 Å². The second-order valence-electron chi connectivity index (χ2n) is 10.3. The van der Waals surface area contributed by atoms with Gasteiger partial charge in [-0.1, -0.05) is 25.1 Å². The second-order valence-corrected chi connectivity index (χ2v) is 10.3. The van der Waals surface area contributed by atoms with Gasteiger partial charge in [0.1, 0.15) is 11.8 Å². The number of hydrogen-bond acceptors (Lipinski definition) is 8. The maximum Gasteiger partial charge on any atom is 0.253 e. The van der Waals surface area contributed by atoms with Gasteiger partial charge in [0.2, 0.25) is 0 Å². The lowest BCUT2D eigenvalue weighted by Gasteiger charge is -2.40. The van der Waals surface area contributed by atoms with Crippen LogP contribution < -0.4 is 15.2 Å². The summed E-state index contributed by atoms with van der Waals surface area (Å²) in [5.74, 6) is 1.54. The normalized spacial score (nSPS) is 19.0. The number of aromatic nitrogens is 5. The van der Waals surface area contributed by atoms with E-state index in [1.54, 1.807) is 7.11 Å². The number of anilines is 1. The van der Waals surface area contributed by atoms with E-state index in [-0.39, 0.29) is 17.7 Å². The fraction of sp³-hybridized carbons (Fsp3) is 0.448. The summed E-state index contributed by atoms with van der Waals surface area (Å²) in [7, 11) is 1.70. The summed E-state index contributed by atoms with van der Waals surface area (Å²) >= 11 is 0. The zero-order chi connectivity index (χ0) is 26.8. The van der Waals surface area contributed by atoms with Crippen LogP contribution in [0.3, 0.4) is 0 Å². The number of piperazine rings is 1. The minimum Gasteiger partial charge on any atom is -0.495 e. The smallest absolute Gasteiger partial charge is 0.253 e. The number of benzene rings is 2. The Balaban J connectivity index is 1.37. The summed E-state index contributed by atoms with van der Waals surface area (Å²) in [6.07, 6.45) is 3.04. The molecule has 4 aromatic rings. The van der Waals surface area contributed by atoms with Gasteiger partial charge >= 0.3 is 0 Å². The Labute approximate surface area is 227 Å². The molecule has 0 spiro atoms. The Bertz CT molecular complexity index is 1490. The summed E-state index contributed by atoms with van der Waals surface area (Å²) < 4.78 is 13.3. The molecule has 2 fully saturated rings. The number of nitrogens with zero attached hydrogens (tertiary/aromatic N) is 6. The Kier molecular flexibility index (Phi) is 7.30. The van der Waals surface area contributed by atoms with E-state index in [4.69, 9.17) is 9.47 Å². The number of tetrazole rings is 1. The molecule has 0 radical (unpaired) electrons. The van der Waals surface area contributed by atoms with Crippen LogP contribution in [0.4, 0.5) is 5.69 Å². The van der Waals surface area contributed by atoms with Crippen molar-refractivity contribution in [2.24, 2.45) is 0 Å². The predicted molar refractivity (Wildman–Crippen MR) is 149 cm³/mol. The minimum absolute atomic E-state index is 0.0808. The fourth-order valence-corrected chi connectivity index (χ4v) is 5.83. The van der Waals surface area contributed by atoms with Crippen LogP contribution in [0.25, 0.3) is 10.9 Å². The molecule has 0 bridgehead atoms. The molecule has 0 unspecified atom stereocenters. The third-order valence-electron chi connectivity index (χ3n) is 7.95. The number of pyridine rings is 1. The molecule has 2 atom stereocenters. The molecule has 0 aliphatic carbocycles. The molecular formula is C29H35N7O3. The van der Waals surface area contributed by atoms with Gasteiger partial charge in [0.15, 0.2) is 5.82 Å². The SMILES string of the molecule is CCc1ccc2[nH]c(=O)c([C@@H](c3nnnn3C[C@@H]3CCCO3)N3CCN(c4ccccc4OC)CC3)cc2c1. The molecule has 0 amide bonds. The highest BCUT2D eigenvalue weighted by atomic mass is 16.5. The first kappa shape index (κ1) is 25.5. The Morgan fingerprint density at radius 3 is 2.74 bits per heavy atom. The number of methoxy groups -OCH3 is 1. The topological polar surface area (TPSA) is 101 Å². The highest BCUT2D eigenvalue weighted by Crippen LogP contribution is 2.32. The van der Waals surface area contributed by atoms with E-state index in [0.29, 0.717) is 17.9 Å². The Morgan fingerprint density at radius 1 is 1.13 bits per heavy atom. The van der Waals surface area contributed by atoms with E-state index in [9.17, 15) is 4.79 Å². The molecular weight excluding hydrogens is 494 g/mol. The van der Waals surface area contributed by atoms with Crippen molar-refractivity contribution in [1.82, 2.24) is 30.1 Å². The number of rotatable bonds is 8. The lowest BCUT2D eigenvalue weighted by molar-refractivity contribution is 0.0906. The predicted octanol–water partition coefficient (Wildman–Crippen LogP) is 3.18.